The first-order valence-electron chi connectivity index (χ1n) is 9.69. The molecule has 0 spiro atoms. The van der Waals surface area contributed by atoms with Crippen molar-refractivity contribution in [3.8, 4) is 10.4 Å². The summed E-state index contributed by atoms with van der Waals surface area (Å²) >= 11 is 1.25. The highest BCUT2D eigenvalue weighted by molar-refractivity contribution is 7.14. The van der Waals surface area contributed by atoms with Crippen LogP contribution in [0.2, 0.25) is 0 Å². The lowest BCUT2D eigenvalue weighted by molar-refractivity contribution is 0.0699. The highest BCUT2D eigenvalue weighted by Gasteiger charge is 2.24. The second-order valence-corrected chi connectivity index (χ2v) is 7.95. The van der Waals surface area contributed by atoms with E-state index in [1.54, 1.807) is 29.9 Å². The molecule has 0 unspecified atom stereocenters. The number of aryl methyl sites for hydroxylation is 1. The van der Waals surface area contributed by atoms with Crippen molar-refractivity contribution >= 4 is 34.8 Å². The van der Waals surface area contributed by atoms with Crippen LogP contribution in [0.25, 0.3) is 10.4 Å². The Kier molecular flexibility index (Phi) is 5.71. The number of nitrogens with zero attached hydrogens (tertiary/aromatic N) is 4. The van der Waals surface area contributed by atoms with E-state index in [1.807, 2.05) is 6.92 Å². The molecule has 1 fully saturated rings. The largest absolute Gasteiger partial charge is 0.478 e. The Morgan fingerprint density at radius 2 is 2.00 bits per heavy atom. The van der Waals surface area contributed by atoms with E-state index in [-0.39, 0.29) is 11.3 Å². The quantitative estimate of drug-likeness (QED) is 0.642. The van der Waals surface area contributed by atoms with Gasteiger partial charge in [-0.05, 0) is 38.3 Å². The van der Waals surface area contributed by atoms with Crippen LogP contribution in [0, 0.1) is 6.92 Å². The van der Waals surface area contributed by atoms with Gasteiger partial charge in [0.25, 0.3) is 5.91 Å². The molecule has 4 rings (SSSR count). The zero-order chi connectivity index (χ0) is 21.1. The second-order valence-electron chi connectivity index (χ2n) is 7.07. The Morgan fingerprint density at radius 1 is 1.20 bits per heavy atom. The molecule has 0 atom stereocenters. The molecule has 30 heavy (non-hydrogen) atoms. The van der Waals surface area contributed by atoms with Crippen LogP contribution < -0.4 is 10.2 Å². The van der Waals surface area contributed by atoms with Crippen molar-refractivity contribution in [2.24, 2.45) is 0 Å². The van der Waals surface area contributed by atoms with Gasteiger partial charge in [0.05, 0.1) is 21.8 Å². The van der Waals surface area contributed by atoms with E-state index in [2.05, 4.69) is 25.2 Å². The molecule has 0 bridgehead atoms. The third-order valence-corrected chi connectivity index (χ3v) is 6.04. The lowest BCUT2D eigenvalue weighted by Gasteiger charge is -2.26. The number of piperidine rings is 1. The van der Waals surface area contributed by atoms with E-state index >= 15 is 0 Å². The summed E-state index contributed by atoms with van der Waals surface area (Å²) in [4.78, 5) is 40.2. The van der Waals surface area contributed by atoms with Crippen LogP contribution in [0.1, 0.15) is 45.7 Å². The standard InChI is InChI=1S/C21H21N5O3S/c1-13-15(11-23-21(24-13)26-8-3-2-4-9-26)18-17(20(28)29)16(12-30-18)25-19(27)14-6-5-7-22-10-14/h5-7,10-12H,2-4,8-9H2,1H3,(H,25,27)(H,28,29). The summed E-state index contributed by atoms with van der Waals surface area (Å²) in [5.74, 6) is -0.856. The average Bonchev–Trinajstić information content (AvgIpc) is 3.18. The summed E-state index contributed by atoms with van der Waals surface area (Å²) in [5.41, 5.74) is 2.00. The predicted octanol–water partition coefficient (Wildman–Crippen LogP) is 3.85. The Bertz CT molecular complexity index is 1080. The summed E-state index contributed by atoms with van der Waals surface area (Å²) in [5, 5.41) is 14.1. The van der Waals surface area contributed by atoms with E-state index in [1.165, 1.54) is 24.0 Å². The molecule has 0 aliphatic carbocycles. The van der Waals surface area contributed by atoms with Crippen molar-refractivity contribution in [3.63, 3.8) is 0 Å². The van der Waals surface area contributed by atoms with E-state index in [0.29, 0.717) is 27.6 Å². The van der Waals surface area contributed by atoms with Crippen LogP contribution in [0.5, 0.6) is 0 Å². The summed E-state index contributed by atoms with van der Waals surface area (Å²) in [7, 11) is 0. The normalized spacial score (nSPS) is 13.8. The maximum absolute atomic E-state index is 12.5. The van der Waals surface area contributed by atoms with Crippen LogP contribution in [0.4, 0.5) is 11.6 Å². The molecule has 1 aliphatic rings. The molecule has 8 nitrogen and oxygen atoms in total. The van der Waals surface area contributed by atoms with Crippen molar-refractivity contribution in [1.82, 2.24) is 15.0 Å². The third kappa shape index (κ3) is 4.02. The van der Waals surface area contributed by atoms with Crippen molar-refractivity contribution in [1.29, 1.82) is 0 Å². The van der Waals surface area contributed by atoms with Crippen molar-refractivity contribution in [2.45, 2.75) is 26.2 Å². The van der Waals surface area contributed by atoms with Gasteiger partial charge in [0.2, 0.25) is 5.95 Å². The number of rotatable bonds is 5. The number of hydrogen-bond acceptors (Lipinski definition) is 7. The number of aromatic nitrogens is 3. The molecule has 0 radical (unpaired) electrons. The Labute approximate surface area is 177 Å². The van der Waals surface area contributed by atoms with Crippen LogP contribution in [0.3, 0.4) is 0 Å². The van der Waals surface area contributed by atoms with Gasteiger partial charge in [-0.3, -0.25) is 9.78 Å². The first-order chi connectivity index (χ1) is 14.5. The molecule has 4 heterocycles. The highest BCUT2D eigenvalue weighted by atomic mass is 32.1. The number of carbonyl (C=O) groups is 2. The second kappa shape index (κ2) is 8.58. The van der Waals surface area contributed by atoms with Gasteiger partial charge in [-0.2, -0.15) is 0 Å². The molecule has 154 valence electrons. The number of amides is 1. The summed E-state index contributed by atoms with van der Waals surface area (Å²) in [6.45, 7) is 3.72. The zero-order valence-electron chi connectivity index (χ0n) is 16.5. The fourth-order valence-corrected chi connectivity index (χ4v) is 4.53. The molecular formula is C21H21N5O3S. The van der Waals surface area contributed by atoms with Gasteiger partial charge < -0.3 is 15.3 Å². The minimum absolute atomic E-state index is 0.0367. The molecule has 3 aromatic heterocycles. The first kappa shape index (κ1) is 20.0. The van der Waals surface area contributed by atoms with Crippen LogP contribution in [0.15, 0.2) is 36.1 Å². The number of hydrogen-bond donors (Lipinski definition) is 2. The van der Waals surface area contributed by atoms with Crippen molar-refractivity contribution in [3.05, 3.63) is 52.9 Å². The van der Waals surface area contributed by atoms with Crippen LogP contribution in [-0.2, 0) is 0 Å². The number of anilines is 2. The summed E-state index contributed by atoms with van der Waals surface area (Å²) in [6, 6.07) is 3.27. The topological polar surface area (TPSA) is 108 Å². The van der Waals surface area contributed by atoms with E-state index in [0.717, 1.165) is 25.9 Å². The molecule has 0 saturated carbocycles. The maximum atomic E-state index is 12.5. The van der Waals surface area contributed by atoms with Crippen LogP contribution in [-0.4, -0.2) is 45.0 Å². The van der Waals surface area contributed by atoms with Gasteiger partial charge in [-0.1, -0.05) is 0 Å². The molecule has 1 amide bonds. The van der Waals surface area contributed by atoms with Gasteiger partial charge in [-0.25, -0.2) is 14.8 Å². The number of nitrogens with one attached hydrogen (secondary N) is 1. The molecule has 3 aromatic rings. The lowest BCUT2D eigenvalue weighted by atomic mass is 10.1. The number of pyridine rings is 1. The number of carboxylic acid groups (broad SMARTS) is 1. The number of carbonyl (C=O) groups excluding carboxylic acids is 1. The highest BCUT2D eigenvalue weighted by Crippen LogP contribution is 2.37. The monoisotopic (exact) mass is 423 g/mol. The third-order valence-electron chi connectivity index (χ3n) is 5.03. The summed E-state index contributed by atoms with van der Waals surface area (Å²) in [6.07, 6.45) is 8.14. The smallest absolute Gasteiger partial charge is 0.339 e. The Balaban J connectivity index is 1.64. The van der Waals surface area contributed by atoms with Crippen molar-refractivity contribution in [2.75, 3.05) is 23.3 Å². The number of aromatic carboxylic acids is 1. The fourth-order valence-electron chi connectivity index (χ4n) is 3.48. The van der Waals surface area contributed by atoms with E-state index in [4.69, 9.17) is 0 Å². The summed E-state index contributed by atoms with van der Waals surface area (Å²) < 4.78 is 0. The Morgan fingerprint density at radius 3 is 2.67 bits per heavy atom. The molecule has 0 aromatic carbocycles. The van der Waals surface area contributed by atoms with Gasteiger partial charge in [0.15, 0.2) is 0 Å². The number of carboxylic acids is 1. The SMILES string of the molecule is Cc1nc(N2CCCCC2)ncc1-c1scc(NC(=O)c2cccnc2)c1C(=O)O. The van der Waals surface area contributed by atoms with Gasteiger partial charge >= 0.3 is 5.97 Å². The fraction of sp³-hybridized carbons (Fsp3) is 0.286. The predicted molar refractivity (Wildman–Crippen MR) is 115 cm³/mol. The van der Waals surface area contributed by atoms with E-state index < -0.39 is 11.9 Å². The molecule has 1 saturated heterocycles. The molecule has 1 aliphatic heterocycles. The minimum Gasteiger partial charge on any atom is -0.478 e. The van der Waals surface area contributed by atoms with Gasteiger partial charge in [0, 0.05) is 42.6 Å². The molecule has 2 N–H and O–H groups in total. The molecular weight excluding hydrogens is 402 g/mol. The first-order valence-corrected chi connectivity index (χ1v) is 10.6. The van der Waals surface area contributed by atoms with Gasteiger partial charge in [-0.15, -0.1) is 11.3 Å². The van der Waals surface area contributed by atoms with E-state index in [9.17, 15) is 14.7 Å². The van der Waals surface area contributed by atoms with Crippen molar-refractivity contribution < 1.29 is 14.7 Å². The molecule has 9 heteroatoms. The minimum atomic E-state index is -1.12. The van der Waals surface area contributed by atoms with Gasteiger partial charge in [0.1, 0.15) is 5.56 Å². The maximum Gasteiger partial charge on any atom is 0.339 e. The van der Waals surface area contributed by atoms with Crippen LogP contribution >= 0.6 is 11.3 Å². The lowest BCUT2D eigenvalue weighted by Crippen LogP contribution is -2.31. The number of thiophene rings is 1. The zero-order valence-corrected chi connectivity index (χ0v) is 17.3. The average molecular weight is 423 g/mol. The Hall–Kier alpha value is -3.33.